The second kappa shape index (κ2) is 5.46. The van der Waals surface area contributed by atoms with E-state index in [-0.39, 0.29) is 11.9 Å². The molecule has 2 aliphatic heterocycles. The summed E-state index contributed by atoms with van der Waals surface area (Å²) in [5, 5.41) is 0. The number of likely N-dealkylation sites (N-methyl/N-ethyl adjacent to an activating group) is 1. The van der Waals surface area contributed by atoms with E-state index >= 15 is 0 Å². The van der Waals surface area contributed by atoms with Gasteiger partial charge >= 0.3 is 0 Å². The minimum absolute atomic E-state index is 0.149. The summed E-state index contributed by atoms with van der Waals surface area (Å²) in [7, 11) is 2.06. The number of hydrogen-bond donors (Lipinski definition) is 0. The minimum Gasteiger partial charge on any atom is -0.379 e. The van der Waals surface area contributed by atoms with Crippen LogP contribution in [-0.4, -0.2) is 66.6 Å². The maximum atomic E-state index is 13.2. The Labute approximate surface area is 117 Å². The van der Waals surface area contributed by atoms with E-state index in [9.17, 15) is 9.18 Å². The van der Waals surface area contributed by atoms with Gasteiger partial charge in [-0.25, -0.2) is 4.39 Å². The fourth-order valence-electron chi connectivity index (χ4n) is 2.93. The van der Waals surface area contributed by atoms with Crippen LogP contribution in [0.25, 0.3) is 0 Å². The van der Waals surface area contributed by atoms with Crippen molar-refractivity contribution in [1.29, 1.82) is 0 Å². The topological polar surface area (TPSA) is 45.7 Å². The molecule has 2 bridgehead atoms. The zero-order valence-electron chi connectivity index (χ0n) is 11.5. The van der Waals surface area contributed by atoms with Crippen molar-refractivity contribution in [2.24, 2.45) is 5.92 Å². The number of rotatable bonds is 1. The summed E-state index contributed by atoms with van der Waals surface area (Å²) in [5.74, 6) is -0.325. The highest BCUT2D eigenvalue weighted by Crippen LogP contribution is 2.19. The summed E-state index contributed by atoms with van der Waals surface area (Å²) < 4.78 is 18.8. The van der Waals surface area contributed by atoms with Gasteiger partial charge in [-0.15, -0.1) is 0 Å². The van der Waals surface area contributed by atoms with Gasteiger partial charge in [0.15, 0.2) is 0 Å². The largest absolute Gasteiger partial charge is 0.379 e. The van der Waals surface area contributed by atoms with Crippen LogP contribution in [0.5, 0.6) is 0 Å². The zero-order valence-corrected chi connectivity index (χ0v) is 11.5. The Kier molecular flexibility index (Phi) is 3.67. The van der Waals surface area contributed by atoms with E-state index in [0.29, 0.717) is 37.8 Å². The standard InChI is InChI=1S/C14H18FN3O2/c1-17-5-10-6-18(7-13(17)9-20-8-10)14(19)11-2-12(15)4-16-3-11/h2-4,10,13H,5-9H2,1H3/t10-,13+/m1/s1. The van der Waals surface area contributed by atoms with Crippen molar-refractivity contribution in [3.8, 4) is 0 Å². The van der Waals surface area contributed by atoms with E-state index in [1.54, 1.807) is 4.90 Å². The van der Waals surface area contributed by atoms with Crippen LogP contribution in [0.1, 0.15) is 10.4 Å². The number of carbonyl (C=O) groups excluding carboxylic acids is 1. The zero-order chi connectivity index (χ0) is 14.1. The van der Waals surface area contributed by atoms with Gasteiger partial charge in [0, 0.05) is 31.7 Å². The maximum absolute atomic E-state index is 13.2. The number of halogens is 1. The Bertz CT molecular complexity index is 511. The fourth-order valence-corrected chi connectivity index (χ4v) is 2.93. The van der Waals surface area contributed by atoms with Gasteiger partial charge in [0.2, 0.25) is 0 Å². The van der Waals surface area contributed by atoms with Gasteiger partial charge in [0.25, 0.3) is 5.91 Å². The lowest BCUT2D eigenvalue weighted by Gasteiger charge is -2.29. The molecule has 6 heteroatoms. The normalized spacial score (nSPS) is 27.2. The third-order valence-corrected chi connectivity index (χ3v) is 3.98. The lowest BCUT2D eigenvalue weighted by Crippen LogP contribution is -2.44. The predicted octanol–water partition coefficient (Wildman–Crippen LogP) is 0.623. The molecule has 108 valence electrons. The van der Waals surface area contributed by atoms with Crippen molar-refractivity contribution in [1.82, 2.24) is 14.8 Å². The molecule has 2 fully saturated rings. The van der Waals surface area contributed by atoms with E-state index < -0.39 is 5.82 Å². The second-order valence-electron chi connectivity index (χ2n) is 5.60. The van der Waals surface area contributed by atoms with Crippen molar-refractivity contribution in [2.45, 2.75) is 6.04 Å². The van der Waals surface area contributed by atoms with Crippen molar-refractivity contribution in [3.63, 3.8) is 0 Å². The minimum atomic E-state index is -0.480. The Morgan fingerprint density at radius 2 is 2.20 bits per heavy atom. The SMILES string of the molecule is CN1C[C@H]2COC[C@@H]1CN(C(=O)c1cncc(F)c1)C2. The number of fused-ring (bicyclic) bond motifs is 3. The van der Waals surface area contributed by atoms with Crippen LogP contribution in [0.3, 0.4) is 0 Å². The monoisotopic (exact) mass is 279 g/mol. The number of carbonyl (C=O) groups is 1. The Balaban J connectivity index is 1.81. The molecule has 1 aromatic heterocycles. The van der Waals surface area contributed by atoms with Crippen LogP contribution in [0, 0.1) is 11.7 Å². The molecule has 0 N–H and O–H groups in total. The van der Waals surface area contributed by atoms with Gasteiger partial charge in [-0.1, -0.05) is 0 Å². The number of ether oxygens (including phenoxy) is 1. The first-order valence-electron chi connectivity index (χ1n) is 6.81. The molecule has 5 nitrogen and oxygen atoms in total. The molecule has 0 aromatic carbocycles. The third kappa shape index (κ3) is 2.66. The summed E-state index contributed by atoms with van der Waals surface area (Å²) in [4.78, 5) is 20.3. The van der Waals surface area contributed by atoms with Crippen LogP contribution in [-0.2, 0) is 4.74 Å². The van der Waals surface area contributed by atoms with E-state index in [1.165, 1.54) is 12.3 Å². The summed E-state index contributed by atoms with van der Waals surface area (Å²) in [6.45, 7) is 3.50. The smallest absolute Gasteiger partial charge is 0.255 e. The molecule has 20 heavy (non-hydrogen) atoms. The molecular weight excluding hydrogens is 261 g/mol. The summed E-state index contributed by atoms with van der Waals surface area (Å²) >= 11 is 0. The first kappa shape index (κ1) is 13.5. The van der Waals surface area contributed by atoms with Crippen molar-refractivity contribution < 1.29 is 13.9 Å². The second-order valence-corrected chi connectivity index (χ2v) is 5.60. The fraction of sp³-hybridized carbons (Fsp3) is 0.571. The molecule has 2 aliphatic rings. The molecular formula is C14H18FN3O2. The van der Waals surface area contributed by atoms with Gasteiger partial charge in [-0.05, 0) is 13.1 Å². The van der Waals surface area contributed by atoms with Gasteiger partial charge < -0.3 is 9.64 Å². The van der Waals surface area contributed by atoms with E-state index in [2.05, 4.69) is 16.9 Å². The number of hydrogen-bond acceptors (Lipinski definition) is 4. The molecule has 0 spiro atoms. The van der Waals surface area contributed by atoms with Gasteiger partial charge in [0.1, 0.15) is 5.82 Å². The molecule has 0 saturated carbocycles. The van der Waals surface area contributed by atoms with Gasteiger partial charge in [0.05, 0.1) is 31.0 Å². The van der Waals surface area contributed by atoms with Crippen molar-refractivity contribution >= 4 is 5.91 Å². The van der Waals surface area contributed by atoms with Crippen LogP contribution in [0.2, 0.25) is 0 Å². The van der Waals surface area contributed by atoms with E-state index in [4.69, 9.17) is 4.74 Å². The molecule has 2 atom stereocenters. The molecule has 1 amide bonds. The molecule has 2 saturated heterocycles. The van der Waals surface area contributed by atoms with Crippen molar-refractivity contribution in [3.05, 3.63) is 29.8 Å². The van der Waals surface area contributed by atoms with Crippen LogP contribution < -0.4 is 0 Å². The van der Waals surface area contributed by atoms with E-state index in [0.717, 1.165) is 12.7 Å². The number of amides is 1. The molecule has 0 radical (unpaired) electrons. The van der Waals surface area contributed by atoms with Crippen LogP contribution in [0.4, 0.5) is 4.39 Å². The third-order valence-electron chi connectivity index (χ3n) is 3.98. The lowest BCUT2D eigenvalue weighted by molar-refractivity contribution is 0.0433. The van der Waals surface area contributed by atoms with Gasteiger partial charge in [-0.3, -0.25) is 14.7 Å². The first-order valence-corrected chi connectivity index (χ1v) is 6.81. The summed E-state index contributed by atoms with van der Waals surface area (Å²) in [5.41, 5.74) is 0.313. The highest BCUT2D eigenvalue weighted by molar-refractivity contribution is 5.94. The Hall–Kier alpha value is -1.53. The highest BCUT2D eigenvalue weighted by Gasteiger charge is 2.33. The average molecular weight is 279 g/mol. The maximum Gasteiger partial charge on any atom is 0.255 e. The Morgan fingerprint density at radius 1 is 1.35 bits per heavy atom. The van der Waals surface area contributed by atoms with Crippen LogP contribution >= 0.6 is 0 Å². The molecule has 1 aromatic rings. The average Bonchev–Trinajstić information content (AvgIpc) is 2.66. The number of nitrogens with zero attached hydrogens (tertiary/aromatic N) is 3. The molecule has 0 unspecified atom stereocenters. The quantitative estimate of drug-likeness (QED) is 0.756. The Morgan fingerprint density at radius 3 is 3.00 bits per heavy atom. The lowest BCUT2D eigenvalue weighted by atomic mass is 10.1. The number of pyridine rings is 1. The first-order chi connectivity index (χ1) is 9.63. The predicted molar refractivity (Wildman–Crippen MR) is 70.8 cm³/mol. The van der Waals surface area contributed by atoms with Gasteiger partial charge in [-0.2, -0.15) is 0 Å². The van der Waals surface area contributed by atoms with Crippen LogP contribution in [0.15, 0.2) is 18.5 Å². The molecule has 3 rings (SSSR count). The number of aromatic nitrogens is 1. The summed E-state index contributed by atoms with van der Waals surface area (Å²) in [6, 6.07) is 1.45. The van der Waals surface area contributed by atoms with Crippen molar-refractivity contribution in [2.75, 3.05) is 39.9 Å². The molecule has 0 aliphatic carbocycles. The highest BCUT2D eigenvalue weighted by atomic mass is 19.1. The molecule has 3 heterocycles. The van der Waals surface area contributed by atoms with E-state index in [1.807, 2.05) is 0 Å². The summed E-state index contributed by atoms with van der Waals surface area (Å²) in [6.07, 6.45) is 2.53.